The van der Waals surface area contributed by atoms with Crippen molar-refractivity contribution in [1.82, 2.24) is 10.1 Å². The summed E-state index contributed by atoms with van der Waals surface area (Å²) in [4.78, 5) is 4.33. The number of rotatable bonds is 4. The molecule has 0 aliphatic carbocycles. The minimum Gasteiger partial charge on any atom is -0.461 e. The van der Waals surface area contributed by atoms with Crippen molar-refractivity contribution in [3.63, 3.8) is 0 Å². The predicted molar refractivity (Wildman–Crippen MR) is 76.6 cm³/mol. The molecule has 0 radical (unpaired) electrons. The van der Waals surface area contributed by atoms with Gasteiger partial charge in [-0.15, -0.1) is 0 Å². The minimum absolute atomic E-state index is 0.302. The van der Waals surface area contributed by atoms with E-state index < -0.39 is 6.10 Å². The third kappa shape index (κ3) is 2.60. The van der Waals surface area contributed by atoms with E-state index in [2.05, 4.69) is 10.1 Å². The molecule has 21 heavy (non-hydrogen) atoms. The molecule has 0 amide bonds. The highest BCUT2D eigenvalue weighted by molar-refractivity contribution is 5.51. The van der Waals surface area contributed by atoms with Gasteiger partial charge < -0.3 is 14.0 Å². The Kier molecular flexibility index (Phi) is 3.58. The van der Waals surface area contributed by atoms with Crippen LogP contribution in [-0.2, 0) is 0 Å². The SMILES string of the molecule is Cc1ccoc1-c1noc(C(C)C(O)c2ccccc2)n1. The summed E-state index contributed by atoms with van der Waals surface area (Å²) in [6.45, 7) is 3.76. The van der Waals surface area contributed by atoms with Gasteiger partial charge in [-0.05, 0) is 24.1 Å². The summed E-state index contributed by atoms with van der Waals surface area (Å²) in [5.41, 5.74) is 1.76. The van der Waals surface area contributed by atoms with E-state index in [0.29, 0.717) is 17.5 Å². The first-order valence-corrected chi connectivity index (χ1v) is 6.78. The molecule has 0 saturated heterocycles. The Morgan fingerprint density at radius 1 is 1.14 bits per heavy atom. The van der Waals surface area contributed by atoms with Gasteiger partial charge in [-0.2, -0.15) is 4.98 Å². The highest BCUT2D eigenvalue weighted by Crippen LogP contribution is 2.31. The molecule has 2 aromatic heterocycles. The molecule has 0 aliphatic heterocycles. The molecular formula is C16H16N2O3. The maximum atomic E-state index is 10.4. The fourth-order valence-corrected chi connectivity index (χ4v) is 2.19. The molecule has 2 atom stereocenters. The topological polar surface area (TPSA) is 72.3 Å². The first kappa shape index (κ1) is 13.6. The maximum Gasteiger partial charge on any atom is 0.238 e. The maximum absolute atomic E-state index is 10.4. The van der Waals surface area contributed by atoms with Crippen LogP contribution in [0.2, 0.25) is 0 Å². The number of hydrogen-bond donors (Lipinski definition) is 1. The summed E-state index contributed by atoms with van der Waals surface area (Å²) in [5.74, 6) is 1.08. The lowest BCUT2D eigenvalue weighted by Gasteiger charge is -2.15. The highest BCUT2D eigenvalue weighted by atomic mass is 16.5. The Labute approximate surface area is 122 Å². The van der Waals surface area contributed by atoms with Gasteiger partial charge in [0.2, 0.25) is 11.7 Å². The van der Waals surface area contributed by atoms with E-state index in [1.807, 2.05) is 50.2 Å². The van der Waals surface area contributed by atoms with Crippen molar-refractivity contribution in [3.8, 4) is 11.6 Å². The zero-order valence-electron chi connectivity index (χ0n) is 11.9. The molecule has 3 aromatic rings. The van der Waals surface area contributed by atoms with Crippen molar-refractivity contribution in [2.75, 3.05) is 0 Å². The van der Waals surface area contributed by atoms with Crippen LogP contribution in [0.1, 0.15) is 36.0 Å². The van der Waals surface area contributed by atoms with Crippen LogP contribution in [0, 0.1) is 6.92 Å². The summed E-state index contributed by atoms with van der Waals surface area (Å²) in [6.07, 6.45) is 0.889. The normalized spacial score (nSPS) is 14.0. The molecule has 108 valence electrons. The first-order chi connectivity index (χ1) is 10.2. The lowest BCUT2D eigenvalue weighted by Crippen LogP contribution is -2.07. The van der Waals surface area contributed by atoms with Gasteiger partial charge in [-0.1, -0.05) is 42.4 Å². The Balaban J connectivity index is 1.85. The molecule has 0 fully saturated rings. The lowest BCUT2D eigenvalue weighted by atomic mass is 9.97. The standard InChI is InChI=1S/C16H16N2O3/c1-10-8-9-20-14(10)15-17-16(21-18-15)11(2)13(19)12-6-4-3-5-7-12/h3-9,11,13,19H,1-2H3. The van der Waals surface area contributed by atoms with Gasteiger partial charge in [-0.25, -0.2) is 0 Å². The predicted octanol–water partition coefficient (Wildman–Crippen LogP) is 3.48. The Bertz CT molecular complexity index is 718. The fraction of sp³-hybridized carbons (Fsp3) is 0.250. The molecule has 5 nitrogen and oxygen atoms in total. The zero-order valence-corrected chi connectivity index (χ0v) is 11.9. The molecule has 0 aliphatic rings. The summed E-state index contributed by atoms with van der Waals surface area (Å²) in [5, 5.41) is 14.3. The van der Waals surface area contributed by atoms with Crippen LogP contribution in [0.15, 0.2) is 51.6 Å². The van der Waals surface area contributed by atoms with Gasteiger partial charge in [0, 0.05) is 0 Å². The van der Waals surface area contributed by atoms with Crippen LogP contribution >= 0.6 is 0 Å². The van der Waals surface area contributed by atoms with Crippen LogP contribution in [0.25, 0.3) is 11.6 Å². The largest absolute Gasteiger partial charge is 0.461 e. The number of hydrogen-bond acceptors (Lipinski definition) is 5. The van der Waals surface area contributed by atoms with Crippen LogP contribution in [0.4, 0.5) is 0 Å². The third-order valence-corrected chi connectivity index (χ3v) is 3.51. The Morgan fingerprint density at radius 2 is 1.90 bits per heavy atom. The third-order valence-electron chi connectivity index (χ3n) is 3.51. The van der Waals surface area contributed by atoms with Crippen molar-refractivity contribution in [2.24, 2.45) is 0 Å². The Hall–Kier alpha value is -2.40. The molecule has 2 unspecified atom stereocenters. The van der Waals surface area contributed by atoms with E-state index >= 15 is 0 Å². The second kappa shape index (κ2) is 5.54. The number of aromatic nitrogens is 2. The second-order valence-corrected chi connectivity index (χ2v) is 5.03. The van der Waals surface area contributed by atoms with Crippen molar-refractivity contribution >= 4 is 0 Å². The molecule has 5 heteroatoms. The quantitative estimate of drug-likeness (QED) is 0.794. The van der Waals surface area contributed by atoms with Crippen LogP contribution in [0.3, 0.4) is 0 Å². The van der Waals surface area contributed by atoms with Crippen molar-refractivity contribution < 1.29 is 14.0 Å². The van der Waals surface area contributed by atoms with Gasteiger partial charge >= 0.3 is 0 Å². The van der Waals surface area contributed by atoms with Crippen LogP contribution < -0.4 is 0 Å². The highest BCUT2D eigenvalue weighted by Gasteiger charge is 2.25. The zero-order chi connectivity index (χ0) is 14.8. The molecule has 0 bridgehead atoms. The van der Waals surface area contributed by atoms with Gasteiger partial charge in [0.25, 0.3) is 0 Å². The van der Waals surface area contributed by atoms with E-state index in [-0.39, 0.29) is 5.92 Å². The van der Waals surface area contributed by atoms with Gasteiger partial charge in [-0.3, -0.25) is 0 Å². The van der Waals surface area contributed by atoms with Gasteiger partial charge in [0.1, 0.15) is 0 Å². The summed E-state index contributed by atoms with van der Waals surface area (Å²) in [6, 6.07) is 11.3. The number of furan rings is 1. The summed E-state index contributed by atoms with van der Waals surface area (Å²) in [7, 11) is 0. The molecular weight excluding hydrogens is 268 g/mol. The van der Waals surface area contributed by atoms with Crippen LogP contribution in [-0.4, -0.2) is 15.2 Å². The number of aliphatic hydroxyl groups excluding tert-OH is 1. The van der Waals surface area contributed by atoms with E-state index in [9.17, 15) is 5.11 Å². The molecule has 3 rings (SSSR count). The van der Waals surface area contributed by atoms with Gasteiger partial charge in [0.05, 0.1) is 18.3 Å². The molecule has 0 spiro atoms. The number of nitrogens with zero attached hydrogens (tertiary/aromatic N) is 2. The molecule has 0 saturated carbocycles. The lowest BCUT2D eigenvalue weighted by molar-refractivity contribution is 0.135. The number of aryl methyl sites for hydroxylation is 1. The van der Waals surface area contributed by atoms with Crippen LogP contribution in [0.5, 0.6) is 0 Å². The van der Waals surface area contributed by atoms with Gasteiger partial charge in [0.15, 0.2) is 5.76 Å². The summed E-state index contributed by atoms with van der Waals surface area (Å²) < 4.78 is 10.6. The number of benzene rings is 1. The second-order valence-electron chi connectivity index (χ2n) is 5.03. The molecule has 2 heterocycles. The number of aliphatic hydroxyl groups is 1. The van der Waals surface area contributed by atoms with Crippen molar-refractivity contribution in [1.29, 1.82) is 0 Å². The average molecular weight is 284 g/mol. The van der Waals surface area contributed by atoms with E-state index in [0.717, 1.165) is 11.1 Å². The van der Waals surface area contributed by atoms with Crippen molar-refractivity contribution in [2.45, 2.75) is 25.9 Å². The smallest absolute Gasteiger partial charge is 0.238 e. The monoisotopic (exact) mass is 284 g/mol. The average Bonchev–Trinajstić information content (AvgIpc) is 3.15. The van der Waals surface area contributed by atoms with E-state index in [1.54, 1.807) is 6.26 Å². The first-order valence-electron chi connectivity index (χ1n) is 6.78. The van der Waals surface area contributed by atoms with E-state index in [4.69, 9.17) is 8.94 Å². The fourth-order valence-electron chi connectivity index (χ4n) is 2.19. The molecule has 1 aromatic carbocycles. The summed E-state index contributed by atoms with van der Waals surface area (Å²) >= 11 is 0. The Morgan fingerprint density at radius 3 is 2.57 bits per heavy atom. The van der Waals surface area contributed by atoms with E-state index in [1.165, 1.54) is 0 Å². The molecule has 1 N–H and O–H groups in total. The minimum atomic E-state index is -0.697. The van der Waals surface area contributed by atoms with Crippen molar-refractivity contribution in [3.05, 3.63) is 59.7 Å².